The molecular weight excluding hydrogens is 258 g/mol. The monoisotopic (exact) mass is 263 g/mol. The molecular formula is C7H7Br2N. The minimum atomic E-state index is 0.815. The van der Waals surface area contributed by atoms with Crippen LogP contribution < -0.4 is 5.73 Å². The van der Waals surface area contributed by atoms with Crippen molar-refractivity contribution >= 4 is 37.5 Å². The van der Waals surface area contributed by atoms with Gasteiger partial charge < -0.3 is 5.73 Å². The second-order valence-electron chi connectivity index (χ2n) is 2.12. The zero-order valence-electron chi connectivity index (χ0n) is 5.49. The summed E-state index contributed by atoms with van der Waals surface area (Å²) in [5, 5.41) is 0. The molecule has 0 amide bonds. The van der Waals surface area contributed by atoms with Crippen LogP contribution in [0.1, 0.15) is 5.56 Å². The number of hydrogen-bond donors (Lipinski definition) is 1. The molecule has 0 heterocycles. The van der Waals surface area contributed by atoms with Gasteiger partial charge >= 0.3 is 0 Å². The van der Waals surface area contributed by atoms with E-state index in [2.05, 4.69) is 31.9 Å². The van der Waals surface area contributed by atoms with E-state index in [1.54, 1.807) is 0 Å². The van der Waals surface area contributed by atoms with Gasteiger partial charge in [0.2, 0.25) is 0 Å². The Balaban J connectivity index is 3.28. The molecule has 0 radical (unpaired) electrons. The van der Waals surface area contributed by atoms with Gasteiger partial charge in [0.25, 0.3) is 0 Å². The number of benzene rings is 1. The fourth-order valence-corrected chi connectivity index (χ4v) is 1.48. The molecule has 1 aromatic carbocycles. The van der Waals surface area contributed by atoms with Crippen molar-refractivity contribution in [3.05, 3.63) is 26.6 Å². The highest BCUT2D eigenvalue weighted by Gasteiger charge is 1.98. The molecule has 54 valence electrons. The topological polar surface area (TPSA) is 26.0 Å². The Labute approximate surface area is 76.9 Å². The Bertz CT molecular complexity index is 208. The Hall–Kier alpha value is -0.0200. The first-order valence-corrected chi connectivity index (χ1v) is 4.41. The number of nitrogens with two attached hydrogens (primary N) is 1. The van der Waals surface area contributed by atoms with Crippen molar-refractivity contribution < 1.29 is 0 Å². The first-order valence-electron chi connectivity index (χ1n) is 2.82. The van der Waals surface area contributed by atoms with Gasteiger partial charge in [-0.15, -0.1) is 0 Å². The van der Waals surface area contributed by atoms with Gasteiger partial charge in [0, 0.05) is 14.6 Å². The first kappa shape index (κ1) is 8.08. The van der Waals surface area contributed by atoms with Crippen LogP contribution in [-0.4, -0.2) is 0 Å². The summed E-state index contributed by atoms with van der Waals surface area (Å²) in [6, 6.07) is 3.87. The van der Waals surface area contributed by atoms with E-state index in [1.807, 2.05) is 19.1 Å². The summed E-state index contributed by atoms with van der Waals surface area (Å²) in [5.41, 5.74) is 7.55. The van der Waals surface area contributed by atoms with E-state index >= 15 is 0 Å². The van der Waals surface area contributed by atoms with Crippen molar-refractivity contribution in [2.75, 3.05) is 5.73 Å². The lowest BCUT2D eigenvalue weighted by molar-refractivity contribution is 1.43. The van der Waals surface area contributed by atoms with Crippen LogP contribution in [0.5, 0.6) is 0 Å². The molecule has 0 saturated heterocycles. The molecule has 0 spiro atoms. The molecule has 1 aromatic rings. The fourth-order valence-electron chi connectivity index (χ4n) is 0.662. The van der Waals surface area contributed by atoms with Gasteiger partial charge in [-0.1, -0.05) is 0 Å². The lowest BCUT2D eigenvalue weighted by Crippen LogP contribution is -1.88. The van der Waals surface area contributed by atoms with Gasteiger partial charge in [0.1, 0.15) is 0 Å². The SMILES string of the molecule is Cc1cc(Br)c(Br)cc1N. The predicted molar refractivity (Wildman–Crippen MR) is 51.0 cm³/mol. The Morgan fingerprint density at radius 1 is 1.20 bits per heavy atom. The summed E-state index contributed by atoms with van der Waals surface area (Å²) >= 11 is 6.73. The number of nitrogen functional groups attached to an aromatic ring is 1. The Kier molecular flexibility index (Phi) is 2.36. The van der Waals surface area contributed by atoms with Crippen LogP contribution >= 0.6 is 31.9 Å². The first-order chi connectivity index (χ1) is 4.61. The molecule has 0 aliphatic carbocycles. The summed E-state index contributed by atoms with van der Waals surface area (Å²) in [6.07, 6.45) is 0. The summed E-state index contributed by atoms with van der Waals surface area (Å²) < 4.78 is 2.04. The van der Waals surface area contributed by atoms with Crippen LogP contribution in [0.15, 0.2) is 21.1 Å². The van der Waals surface area contributed by atoms with E-state index in [9.17, 15) is 0 Å². The zero-order valence-corrected chi connectivity index (χ0v) is 8.66. The lowest BCUT2D eigenvalue weighted by Gasteiger charge is -2.01. The molecule has 0 fully saturated rings. The van der Waals surface area contributed by atoms with Gasteiger partial charge in [-0.25, -0.2) is 0 Å². The summed E-state index contributed by atoms with van der Waals surface area (Å²) in [5.74, 6) is 0. The average molecular weight is 265 g/mol. The van der Waals surface area contributed by atoms with E-state index in [0.29, 0.717) is 0 Å². The Morgan fingerprint density at radius 2 is 1.70 bits per heavy atom. The maximum Gasteiger partial charge on any atom is 0.0355 e. The minimum absolute atomic E-state index is 0.815. The van der Waals surface area contributed by atoms with Crippen molar-refractivity contribution in [2.24, 2.45) is 0 Å². The third-order valence-corrected chi connectivity index (χ3v) is 3.15. The average Bonchev–Trinajstić information content (AvgIpc) is 1.84. The Morgan fingerprint density at radius 3 is 2.20 bits per heavy atom. The minimum Gasteiger partial charge on any atom is -0.398 e. The third kappa shape index (κ3) is 1.52. The van der Waals surface area contributed by atoms with Crippen molar-refractivity contribution in [2.45, 2.75) is 6.92 Å². The van der Waals surface area contributed by atoms with Crippen LogP contribution in [-0.2, 0) is 0 Å². The fraction of sp³-hybridized carbons (Fsp3) is 0.143. The van der Waals surface area contributed by atoms with Gasteiger partial charge in [-0.05, 0) is 56.5 Å². The van der Waals surface area contributed by atoms with E-state index in [1.165, 1.54) is 0 Å². The second kappa shape index (κ2) is 2.93. The highest BCUT2D eigenvalue weighted by Crippen LogP contribution is 2.27. The summed E-state index contributed by atoms with van der Waals surface area (Å²) in [4.78, 5) is 0. The van der Waals surface area contributed by atoms with Gasteiger partial charge in [-0.2, -0.15) is 0 Å². The smallest absolute Gasteiger partial charge is 0.0355 e. The molecule has 0 aliphatic rings. The van der Waals surface area contributed by atoms with Gasteiger partial charge in [0.05, 0.1) is 0 Å². The van der Waals surface area contributed by atoms with E-state index < -0.39 is 0 Å². The van der Waals surface area contributed by atoms with Crippen LogP contribution in [0, 0.1) is 6.92 Å². The largest absolute Gasteiger partial charge is 0.398 e. The molecule has 0 unspecified atom stereocenters. The van der Waals surface area contributed by atoms with Crippen molar-refractivity contribution in [1.29, 1.82) is 0 Å². The maximum atomic E-state index is 5.64. The van der Waals surface area contributed by atoms with Crippen LogP contribution in [0.25, 0.3) is 0 Å². The maximum absolute atomic E-state index is 5.64. The van der Waals surface area contributed by atoms with Crippen LogP contribution in [0.2, 0.25) is 0 Å². The molecule has 1 nitrogen and oxygen atoms in total. The van der Waals surface area contributed by atoms with Crippen molar-refractivity contribution in [1.82, 2.24) is 0 Å². The molecule has 0 bridgehead atoms. The molecule has 0 atom stereocenters. The summed E-state index contributed by atoms with van der Waals surface area (Å²) in [6.45, 7) is 1.98. The van der Waals surface area contributed by atoms with Crippen LogP contribution in [0.4, 0.5) is 5.69 Å². The van der Waals surface area contributed by atoms with Gasteiger partial charge in [-0.3, -0.25) is 0 Å². The molecule has 3 heteroatoms. The van der Waals surface area contributed by atoms with Gasteiger partial charge in [0.15, 0.2) is 0 Å². The van der Waals surface area contributed by atoms with E-state index in [-0.39, 0.29) is 0 Å². The summed E-state index contributed by atoms with van der Waals surface area (Å²) in [7, 11) is 0. The quantitative estimate of drug-likeness (QED) is 0.716. The lowest BCUT2D eigenvalue weighted by atomic mass is 10.2. The van der Waals surface area contributed by atoms with Crippen LogP contribution in [0.3, 0.4) is 0 Å². The zero-order chi connectivity index (χ0) is 7.72. The van der Waals surface area contributed by atoms with E-state index in [0.717, 1.165) is 20.2 Å². The highest BCUT2D eigenvalue weighted by molar-refractivity contribution is 9.13. The third-order valence-electron chi connectivity index (χ3n) is 1.31. The normalized spacial score (nSPS) is 9.90. The standard InChI is InChI=1S/C7H7Br2N/c1-4-2-5(8)6(9)3-7(4)10/h2-3H,10H2,1H3. The molecule has 0 saturated carbocycles. The molecule has 1 rings (SSSR count). The molecule has 0 aromatic heterocycles. The molecule has 10 heavy (non-hydrogen) atoms. The predicted octanol–water partition coefficient (Wildman–Crippen LogP) is 3.10. The highest BCUT2D eigenvalue weighted by atomic mass is 79.9. The number of anilines is 1. The number of halogens is 2. The molecule has 0 aliphatic heterocycles. The second-order valence-corrected chi connectivity index (χ2v) is 3.83. The number of hydrogen-bond acceptors (Lipinski definition) is 1. The van der Waals surface area contributed by atoms with Crippen molar-refractivity contribution in [3.8, 4) is 0 Å². The van der Waals surface area contributed by atoms with Crippen molar-refractivity contribution in [3.63, 3.8) is 0 Å². The number of rotatable bonds is 0. The van der Waals surface area contributed by atoms with E-state index in [4.69, 9.17) is 5.73 Å². The molecule has 2 N–H and O–H groups in total. The number of aryl methyl sites for hydroxylation is 1.